The second kappa shape index (κ2) is 9.23. The third kappa shape index (κ3) is 4.86. The molecule has 0 saturated heterocycles. The van der Waals surface area contributed by atoms with Crippen molar-refractivity contribution in [3.8, 4) is 23.4 Å². The van der Waals surface area contributed by atoms with Crippen molar-refractivity contribution in [2.24, 2.45) is 0 Å². The lowest BCUT2D eigenvalue weighted by Crippen LogP contribution is -2.14. The Morgan fingerprint density at radius 1 is 1.26 bits per heavy atom. The van der Waals surface area contributed by atoms with Crippen LogP contribution in [0, 0.1) is 21.4 Å². The quantitative estimate of drug-likeness (QED) is 0.437. The molecule has 0 bridgehead atoms. The summed E-state index contributed by atoms with van der Waals surface area (Å²) in [5.74, 6) is -0.121. The van der Waals surface area contributed by atoms with Crippen LogP contribution < -0.4 is 15.0 Å². The van der Waals surface area contributed by atoms with Gasteiger partial charge < -0.3 is 19.6 Å². The third-order valence-electron chi connectivity index (χ3n) is 4.22. The number of methoxy groups -OCH3 is 1. The molecule has 31 heavy (non-hydrogen) atoms. The van der Waals surface area contributed by atoms with Crippen molar-refractivity contribution in [2.45, 2.75) is 6.61 Å². The van der Waals surface area contributed by atoms with E-state index in [4.69, 9.17) is 14.7 Å². The fourth-order valence-corrected chi connectivity index (χ4v) is 2.71. The van der Waals surface area contributed by atoms with Crippen molar-refractivity contribution in [1.29, 1.82) is 5.26 Å². The van der Waals surface area contributed by atoms with Gasteiger partial charge in [-0.2, -0.15) is 10.2 Å². The number of aromatic amines is 1. The topological polar surface area (TPSA) is 151 Å². The van der Waals surface area contributed by atoms with Crippen molar-refractivity contribution >= 4 is 17.8 Å². The van der Waals surface area contributed by atoms with Crippen LogP contribution >= 0.6 is 0 Å². The van der Waals surface area contributed by atoms with Crippen LogP contribution in [0.15, 0.2) is 47.3 Å². The van der Waals surface area contributed by atoms with E-state index in [0.717, 1.165) is 5.56 Å². The molecule has 2 aromatic carbocycles. The third-order valence-corrected chi connectivity index (χ3v) is 4.22. The first-order chi connectivity index (χ1) is 14.9. The molecule has 0 aliphatic carbocycles. The van der Waals surface area contributed by atoms with Crippen molar-refractivity contribution < 1.29 is 19.5 Å². The number of benzene rings is 2. The van der Waals surface area contributed by atoms with Crippen LogP contribution in [0.4, 0.5) is 5.69 Å². The van der Waals surface area contributed by atoms with Gasteiger partial charge in [-0.15, -0.1) is 0 Å². The molecule has 3 aromatic rings. The zero-order valence-electron chi connectivity index (χ0n) is 16.2. The van der Waals surface area contributed by atoms with Crippen LogP contribution in [0.5, 0.6) is 17.4 Å². The molecule has 3 rings (SSSR count). The Morgan fingerprint density at radius 3 is 2.71 bits per heavy atom. The fourth-order valence-electron chi connectivity index (χ4n) is 2.71. The largest absolute Gasteiger partial charge is 0.493 e. The van der Waals surface area contributed by atoms with Gasteiger partial charge in [-0.05, 0) is 29.8 Å². The summed E-state index contributed by atoms with van der Waals surface area (Å²) in [5, 5.41) is 29.5. The van der Waals surface area contributed by atoms with E-state index in [0.29, 0.717) is 22.6 Å². The number of nitro groups is 1. The van der Waals surface area contributed by atoms with Crippen LogP contribution in [0.25, 0.3) is 12.2 Å². The van der Waals surface area contributed by atoms with E-state index in [1.807, 2.05) is 6.07 Å². The highest BCUT2D eigenvalue weighted by Crippen LogP contribution is 2.30. The van der Waals surface area contributed by atoms with Crippen LogP contribution in [-0.4, -0.2) is 27.1 Å². The number of aromatic hydroxyl groups is 1. The molecule has 0 radical (unpaired) electrons. The lowest BCUT2D eigenvalue weighted by molar-refractivity contribution is -0.387. The minimum Gasteiger partial charge on any atom is -0.493 e. The van der Waals surface area contributed by atoms with Crippen LogP contribution in [0.3, 0.4) is 0 Å². The summed E-state index contributed by atoms with van der Waals surface area (Å²) in [6, 6.07) is 14.3. The molecule has 1 heterocycles. The van der Waals surface area contributed by atoms with Gasteiger partial charge in [-0.3, -0.25) is 14.9 Å². The summed E-state index contributed by atoms with van der Waals surface area (Å²) in [5.41, 5.74) is -0.158. The molecular weight excluding hydrogens is 404 g/mol. The molecule has 0 fully saturated rings. The van der Waals surface area contributed by atoms with Gasteiger partial charge >= 0.3 is 11.2 Å². The average molecular weight is 420 g/mol. The molecular formula is C21H16N4O6. The summed E-state index contributed by atoms with van der Waals surface area (Å²) in [7, 11) is 1.48. The Balaban J connectivity index is 1.79. The molecule has 0 saturated carbocycles. The van der Waals surface area contributed by atoms with Gasteiger partial charge in [0.15, 0.2) is 11.5 Å². The van der Waals surface area contributed by atoms with Gasteiger partial charge in [-0.25, -0.2) is 0 Å². The number of aromatic nitrogens is 2. The van der Waals surface area contributed by atoms with Crippen LogP contribution in [-0.2, 0) is 6.61 Å². The van der Waals surface area contributed by atoms with Crippen molar-refractivity contribution in [2.75, 3.05) is 7.11 Å². The summed E-state index contributed by atoms with van der Waals surface area (Å²) in [6.45, 7) is 0.183. The van der Waals surface area contributed by atoms with E-state index in [-0.39, 0.29) is 12.4 Å². The molecule has 2 N–H and O–H groups in total. The number of H-pyrrole nitrogens is 1. The number of nitrogens with one attached hydrogen (secondary N) is 1. The zero-order chi connectivity index (χ0) is 22.4. The van der Waals surface area contributed by atoms with Crippen molar-refractivity contribution in [3.63, 3.8) is 0 Å². The maximum absolute atomic E-state index is 11.7. The predicted octanol–water partition coefficient (Wildman–Crippen LogP) is 3.01. The first-order valence-electron chi connectivity index (χ1n) is 8.87. The number of hydrogen-bond acceptors (Lipinski definition) is 8. The highest BCUT2D eigenvalue weighted by molar-refractivity contribution is 5.68. The minimum absolute atomic E-state index is 0.0551. The normalized spacial score (nSPS) is 10.6. The Kier molecular flexibility index (Phi) is 6.27. The summed E-state index contributed by atoms with van der Waals surface area (Å²) in [6.07, 6.45) is 2.95. The molecule has 0 aliphatic rings. The molecule has 156 valence electrons. The van der Waals surface area contributed by atoms with Crippen LogP contribution in [0.2, 0.25) is 0 Å². The van der Waals surface area contributed by atoms with Gasteiger partial charge in [0.1, 0.15) is 12.4 Å². The highest BCUT2D eigenvalue weighted by Gasteiger charge is 2.21. The van der Waals surface area contributed by atoms with Crippen molar-refractivity contribution in [1.82, 2.24) is 9.97 Å². The maximum atomic E-state index is 11.7. The first kappa shape index (κ1) is 21.1. The lowest BCUT2D eigenvalue weighted by atomic mass is 10.1. The van der Waals surface area contributed by atoms with E-state index in [1.54, 1.807) is 42.5 Å². The minimum atomic E-state index is -1.06. The van der Waals surface area contributed by atoms with E-state index in [9.17, 15) is 20.0 Å². The fraction of sp³-hybridized carbons (Fsp3) is 0.0952. The number of ether oxygens (including phenoxy) is 2. The molecule has 0 atom stereocenters. The van der Waals surface area contributed by atoms with E-state index >= 15 is 0 Å². The summed E-state index contributed by atoms with van der Waals surface area (Å²) in [4.78, 5) is 27.3. The standard InChI is InChI=1S/C21H16N4O6/c1-30-17-10-13(7-9-18-23-20(26)19(25(28)29)21(27)24-18)6-8-16(17)31-12-15-5-3-2-4-14(15)11-22/h2-10H,12H2,1H3,(H2,23,24,26,27). The van der Waals surface area contributed by atoms with E-state index in [1.165, 1.54) is 13.2 Å². The zero-order valence-corrected chi connectivity index (χ0v) is 16.2. The molecule has 1 aromatic heterocycles. The van der Waals surface area contributed by atoms with Gasteiger partial charge in [-0.1, -0.05) is 30.3 Å². The van der Waals surface area contributed by atoms with Gasteiger partial charge in [0.25, 0.3) is 5.88 Å². The Morgan fingerprint density at radius 2 is 2.03 bits per heavy atom. The number of nitriles is 1. The first-order valence-corrected chi connectivity index (χ1v) is 8.87. The molecule has 10 heteroatoms. The van der Waals surface area contributed by atoms with E-state index < -0.39 is 22.0 Å². The lowest BCUT2D eigenvalue weighted by Gasteiger charge is -2.12. The summed E-state index contributed by atoms with van der Waals surface area (Å²) < 4.78 is 11.1. The molecule has 0 unspecified atom stereocenters. The monoisotopic (exact) mass is 420 g/mol. The van der Waals surface area contributed by atoms with E-state index in [2.05, 4.69) is 16.0 Å². The number of rotatable bonds is 7. The average Bonchev–Trinajstić information content (AvgIpc) is 2.75. The molecule has 0 amide bonds. The Hall–Kier alpha value is -4.65. The smallest absolute Gasteiger partial charge is 0.395 e. The molecule has 10 nitrogen and oxygen atoms in total. The highest BCUT2D eigenvalue weighted by atomic mass is 16.6. The SMILES string of the molecule is COc1cc(C=Cc2nc(O)c([N+](=O)[O-])c(=O)[nH]2)ccc1OCc1ccccc1C#N. The van der Waals surface area contributed by atoms with Crippen LogP contribution in [0.1, 0.15) is 22.5 Å². The van der Waals surface area contributed by atoms with Crippen molar-refractivity contribution in [3.05, 3.63) is 85.4 Å². The Bertz CT molecular complexity index is 1260. The molecule has 0 spiro atoms. The Labute approximate surface area is 175 Å². The predicted molar refractivity (Wildman–Crippen MR) is 111 cm³/mol. The van der Waals surface area contributed by atoms with Gasteiger partial charge in [0.05, 0.1) is 23.7 Å². The second-order valence-electron chi connectivity index (χ2n) is 6.18. The summed E-state index contributed by atoms with van der Waals surface area (Å²) >= 11 is 0. The maximum Gasteiger partial charge on any atom is 0.395 e. The number of nitrogens with zero attached hydrogens (tertiary/aromatic N) is 3. The second-order valence-corrected chi connectivity index (χ2v) is 6.18. The van der Waals surface area contributed by atoms with Gasteiger partial charge in [0.2, 0.25) is 0 Å². The van der Waals surface area contributed by atoms with Gasteiger partial charge in [0, 0.05) is 5.56 Å². The number of hydrogen-bond donors (Lipinski definition) is 2. The molecule has 0 aliphatic heterocycles.